The zero-order valence-electron chi connectivity index (χ0n) is 14.1. The van der Waals surface area contributed by atoms with Crippen LogP contribution in [0.25, 0.3) is 0 Å². The van der Waals surface area contributed by atoms with Gasteiger partial charge in [-0.05, 0) is 25.3 Å². The van der Waals surface area contributed by atoms with E-state index in [1.54, 1.807) is 12.1 Å². The lowest BCUT2D eigenvalue weighted by Gasteiger charge is -2.16. The smallest absolute Gasteiger partial charge is 0.128 e. The Morgan fingerprint density at radius 2 is 1.81 bits per heavy atom. The maximum absolute atomic E-state index is 13.5. The molecule has 1 aromatic carbocycles. The van der Waals surface area contributed by atoms with E-state index >= 15 is 0 Å². The van der Waals surface area contributed by atoms with E-state index in [2.05, 4.69) is 24.7 Å². The number of nitrogens with one attached hydrogen (secondary N) is 2. The first-order chi connectivity index (χ1) is 10.1. The second-order valence-corrected chi connectivity index (χ2v) is 5.14. The summed E-state index contributed by atoms with van der Waals surface area (Å²) in [7, 11) is 0. The number of benzene rings is 1. The minimum absolute atomic E-state index is 0.0576. The Morgan fingerprint density at radius 1 is 1.14 bits per heavy atom. The molecule has 1 unspecified atom stereocenters. The Morgan fingerprint density at radius 3 is 2.43 bits per heavy atom. The molecule has 4 heteroatoms. The molecule has 3 nitrogen and oxygen atoms in total. The Bertz CT molecular complexity index is 358. The molecule has 0 fully saturated rings. The van der Waals surface area contributed by atoms with Crippen LogP contribution in [0.15, 0.2) is 24.3 Å². The van der Waals surface area contributed by atoms with Crippen LogP contribution >= 0.6 is 0 Å². The number of hydrazine groups is 1. The molecule has 0 bridgehead atoms. The Kier molecular flexibility index (Phi) is 12.2. The van der Waals surface area contributed by atoms with Crippen molar-refractivity contribution in [3.8, 4) is 0 Å². The standard InChI is InChI=1S/C15H25FN2O.C2H6/c1-12(2)11-19-10-6-9-17-18-13(3)14-7-4-5-8-15(14)16;1-2/h4-5,7-8,12-13,17-18H,6,9-11H2,1-3H3;1-2H3. The first kappa shape index (κ1) is 20.0. The largest absolute Gasteiger partial charge is 0.381 e. The van der Waals surface area contributed by atoms with Crippen molar-refractivity contribution in [1.82, 2.24) is 10.9 Å². The molecule has 0 aliphatic carbocycles. The quantitative estimate of drug-likeness (QED) is 0.532. The summed E-state index contributed by atoms with van der Waals surface area (Å²) >= 11 is 0. The zero-order chi connectivity index (χ0) is 16.1. The van der Waals surface area contributed by atoms with Crippen LogP contribution in [0.5, 0.6) is 0 Å². The van der Waals surface area contributed by atoms with Crippen LogP contribution in [0, 0.1) is 11.7 Å². The van der Waals surface area contributed by atoms with Gasteiger partial charge in [0.2, 0.25) is 0 Å². The molecule has 1 rings (SSSR count). The molecule has 0 saturated heterocycles. The van der Waals surface area contributed by atoms with Gasteiger partial charge in [-0.3, -0.25) is 10.9 Å². The van der Waals surface area contributed by atoms with Gasteiger partial charge in [0.1, 0.15) is 5.82 Å². The SMILES string of the molecule is CC.CC(C)COCCCNNC(C)c1ccccc1F. The van der Waals surface area contributed by atoms with Crippen LogP contribution in [0.1, 0.15) is 52.6 Å². The van der Waals surface area contributed by atoms with Crippen molar-refractivity contribution in [2.24, 2.45) is 5.92 Å². The van der Waals surface area contributed by atoms with E-state index < -0.39 is 0 Å². The normalized spacial score (nSPS) is 12.0. The van der Waals surface area contributed by atoms with E-state index in [1.165, 1.54) is 6.07 Å². The van der Waals surface area contributed by atoms with Gasteiger partial charge in [-0.15, -0.1) is 0 Å². The highest BCUT2D eigenvalue weighted by Gasteiger charge is 2.08. The third-order valence-electron chi connectivity index (χ3n) is 2.73. The minimum Gasteiger partial charge on any atom is -0.381 e. The van der Waals surface area contributed by atoms with E-state index in [-0.39, 0.29) is 11.9 Å². The average Bonchev–Trinajstić information content (AvgIpc) is 2.48. The van der Waals surface area contributed by atoms with Crippen molar-refractivity contribution in [3.63, 3.8) is 0 Å². The lowest BCUT2D eigenvalue weighted by molar-refractivity contribution is 0.107. The van der Waals surface area contributed by atoms with Gasteiger partial charge in [0, 0.05) is 31.4 Å². The number of halogens is 1. The molecule has 122 valence electrons. The second kappa shape index (κ2) is 12.7. The van der Waals surface area contributed by atoms with Crippen LogP contribution in [-0.2, 0) is 4.74 Å². The van der Waals surface area contributed by atoms with Crippen LogP contribution in [0.2, 0.25) is 0 Å². The van der Waals surface area contributed by atoms with Crippen LogP contribution in [0.4, 0.5) is 4.39 Å². The minimum atomic E-state index is -0.176. The van der Waals surface area contributed by atoms with Gasteiger partial charge in [-0.25, -0.2) is 4.39 Å². The molecule has 2 N–H and O–H groups in total. The molecule has 0 saturated carbocycles. The summed E-state index contributed by atoms with van der Waals surface area (Å²) in [6, 6.07) is 6.76. The Hall–Kier alpha value is -0.970. The molecule has 21 heavy (non-hydrogen) atoms. The highest BCUT2D eigenvalue weighted by Crippen LogP contribution is 2.14. The lowest BCUT2D eigenvalue weighted by Crippen LogP contribution is -2.35. The fourth-order valence-corrected chi connectivity index (χ4v) is 1.71. The highest BCUT2D eigenvalue weighted by atomic mass is 19.1. The van der Waals surface area contributed by atoms with Crippen LogP contribution < -0.4 is 10.9 Å². The van der Waals surface area contributed by atoms with E-state index in [1.807, 2.05) is 26.8 Å². The molecule has 1 atom stereocenters. The van der Waals surface area contributed by atoms with Gasteiger partial charge >= 0.3 is 0 Å². The van der Waals surface area contributed by atoms with Gasteiger partial charge in [0.05, 0.1) is 0 Å². The molecule has 0 aliphatic rings. The third kappa shape index (κ3) is 9.56. The summed E-state index contributed by atoms with van der Waals surface area (Å²) in [5.41, 5.74) is 6.87. The summed E-state index contributed by atoms with van der Waals surface area (Å²) in [6.07, 6.45) is 0.934. The second-order valence-electron chi connectivity index (χ2n) is 5.14. The zero-order valence-corrected chi connectivity index (χ0v) is 14.1. The predicted molar refractivity (Wildman–Crippen MR) is 87.6 cm³/mol. The monoisotopic (exact) mass is 298 g/mol. The van der Waals surface area contributed by atoms with E-state index in [0.29, 0.717) is 11.5 Å². The fraction of sp³-hybridized carbons (Fsp3) is 0.647. The number of hydrogen-bond acceptors (Lipinski definition) is 3. The number of rotatable bonds is 9. The molecule has 1 aromatic rings. The average molecular weight is 298 g/mol. The summed E-state index contributed by atoms with van der Waals surface area (Å²) < 4.78 is 19.0. The molecule has 0 aromatic heterocycles. The van der Waals surface area contributed by atoms with Crippen molar-refractivity contribution in [2.45, 2.75) is 47.1 Å². The van der Waals surface area contributed by atoms with Crippen molar-refractivity contribution in [1.29, 1.82) is 0 Å². The van der Waals surface area contributed by atoms with E-state index in [9.17, 15) is 4.39 Å². The first-order valence-corrected chi connectivity index (χ1v) is 7.91. The van der Waals surface area contributed by atoms with Gasteiger partial charge in [0.15, 0.2) is 0 Å². The Balaban J connectivity index is 0.00000191. The van der Waals surface area contributed by atoms with E-state index in [0.717, 1.165) is 26.2 Å². The number of ether oxygens (including phenoxy) is 1. The molecule has 0 amide bonds. The topological polar surface area (TPSA) is 33.3 Å². The maximum atomic E-state index is 13.5. The lowest BCUT2D eigenvalue weighted by atomic mass is 10.1. The van der Waals surface area contributed by atoms with Crippen molar-refractivity contribution in [3.05, 3.63) is 35.6 Å². The first-order valence-electron chi connectivity index (χ1n) is 7.91. The number of hydrogen-bond donors (Lipinski definition) is 2. The van der Waals surface area contributed by atoms with Crippen molar-refractivity contribution in [2.75, 3.05) is 19.8 Å². The molecule has 0 radical (unpaired) electrons. The van der Waals surface area contributed by atoms with Gasteiger partial charge in [0.25, 0.3) is 0 Å². The van der Waals surface area contributed by atoms with Crippen LogP contribution in [0.3, 0.4) is 0 Å². The van der Waals surface area contributed by atoms with E-state index in [4.69, 9.17) is 4.74 Å². The molecular formula is C17H31FN2O. The molecule has 0 heterocycles. The van der Waals surface area contributed by atoms with Gasteiger partial charge in [-0.1, -0.05) is 45.9 Å². The summed E-state index contributed by atoms with van der Waals surface area (Å²) in [5, 5.41) is 0. The summed E-state index contributed by atoms with van der Waals surface area (Å²) in [5.74, 6) is 0.400. The van der Waals surface area contributed by atoms with Crippen LogP contribution in [-0.4, -0.2) is 19.8 Å². The highest BCUT2D eigenvalue weighted by molar-refractivity contribution is 5.20. The fourth-order valence-electron chi connectivity index (χ4n) is 1.71. The third-order valence-corrected chi connectivity index (χ3v) is 2.73. The summed E-state index contributed by atoms with van der Waals surface area (Å²) in [6.45, 7) is 12.6. The molecular weight excluding hydrogens is 267 g/mol. The van der Waals surface area contributed by atoms with Crippen molar-refractivity contribution < 1.29 is 9.13 Å². The van der Waals surface area contributed by atoms with Gasteiger partial charge < -0.3 is 4.74 Å². The molecule has 0 spiro atoms. The van der Waals surface area contributed by atoms with Gasteiger partial charge in [-0.2, -0.15) is 0 Å². The summed E-state index contributed by atoms with van der Waals surface area (Å²) in [4.78, 5) is 0. The predicted octanol–water partition coefficient (Wildman–Crippen LogP) is 4.07. The Labute approximate surface area is 129 Å². The maximum Gasteiger partial charge on any atom is 0.128 e. The molecule has 0 aliphatic heterocycles. The van der Waals surface area contributed by atoms with Crippen molar-refractivity contribution >= 4 is 0 Å².